The quantitative estimate of drug-likeness (QED) is 0.180. The molecule has 0 unspecified atom stereocenters. The lowest BCUT2D eigenvalue weighted by molar-refractivity contribution is -0.142. The van der Waals surface area contributed by atoms with E-state index in [1.165, 1.54) is 14.2 Å². The molecule has 0 radical (unpaired) electrons. The highest BCUT2D eigenvalue weighted by atomic mass is 35.5. The standard InChI is InChI=1S/C34H29Cl2F3N2O6/c1-44-27-10-7-18(13-28(27)45-2)17-41-11-12-47-32-19(8-9-21(31(32)41)29-22(35)15-20(37)16-23(29)36)14-26(34(43)46-3)40-33(42)30-24(38)5-4-6-25(30)39/h4-10,13,15-16,26H,11-12,14,17H2,1-3H3,(H,40,42)/t26-/m0/s1. The van der Waals surface area contributed by atoms with E-state index < -0.39 is 40.9 Å². The average Bonchev–Trinajstić information content (AvgIpc) is 3.04. The highest BCUT2D eigenvalue weighted by Gasteiger charge is 2.32. The minimum absolute atomic E-state index is 0.0632. The molecule has 246 valence electrons. The van der Waals surface area contributed by atoms with Crippen molar-refractivity contribution in [2.75, 3.05) is 39.4 Å². The van der Waals surface area contributed by atoms with Gasteiger partial charge >= 0.3 is 5.97 Å². The van der Waals surface area contributed by atoms with E-state index >= 15 is 0 Å². The van der Waals surface area contributed by atoms with Crippen LogP contribution in [0.5, 0.6) is 17.2 Å². The van der Waals surface area contributed by atoms with E-state index in [4.69, 9.17) is 42.1 Å². The number of nitrogens with one attached hydrogen (secondary N) is 1. The van der Waals surface area contributed by atoms with E-state index in [-0.39, 0.29) is 23.1 Å². The van der Waals surface area contributed by atoms with E-state index in [2.05, 4.69) is 5.32 Å². The number of fused-ring (bicyclic) bond motifs is 1. The molecule has 1 atom stereocenters. The Kier molecular flexibility index (Phi) is 10.4. The van der Waals surface area contributed by atoms with Crippen molar-refractivity contribution < 1.29 is 41.7 Å². The number of ether oxygens (including phenoxy) is 4. The van der Waals surface area contributed by atoms with Gasteiger partial charge in [-0.2, -0.15) is 0 Å². The van der Waals surface area contributed by atoms with Crippen molar-refractivity contribution in [1.82, 2.24) is 5.32 Å². The summed E-state index contributed by atoms with van der Waals surface area (Å²) in [6.07, 6.45) is -0.174. The third-order valence-corrected chi connectivity index (χ3v) is 8.24. The smallest absolute Gasteiger partial charge is 0.328 e. The van der Waals surface area contributed by atoms with Crippen LogP contribution in [0, 0.1) is 17.5 Å². The van der Waals surface area contributed by atoms with Crippen LogP contribution in [0.25, 0.3) is 11.1 Å². The summed E-state index contributed by atoms with van der Waals surface area (Å²) in [6, 6.07) is 12.8. The number of amides is 1. The van der Waals surface area contributed by atoms with Gasteiger partial charge in [0.05, 0.1) is 43.6 Å². The molecule has 0 fully saturated rings. The molecule has 13 heteroatoms. The van der Waals surface area contributed by atoms with Crippen molar-refractivity contribution in [3.63, 3.8) is 0 Å². The van der Waals surface area contributed by atoms with Crippen molar-refractivity contribution in [3.8, 4) is 28.4 Å². The normalized spacial score (nSPS) is 12.9. The number of benzene rings is 4. The minimum Gasteiger partial charge on any atom is -0.493 e. The van der Waals surface area contributed by atoms with E-state index in [1.807, 2.05) is 17.0 Å². The predicted molar refractivity (Wildman–Crippen MR) is 171 cm³/mol. The van der Waals surface area contributed by atoms with E-state index in [0.717, 1.165) is 43.0 Å². The molecular formula is C34H29Cl2F3N2O6. The van der Waals surface area contributed by atoms with Crippen LogP contribution in [0.2, 0.25) is 10.0 Å². The van der Waals surface area contributed by atoms with Gasteiger partial charge in [-0.3, -0.25) is 4.79 Å². The molecule has 4 aromatic carbocycles. The molecule has 0 saturated carbocycles. The minimum atomic E-state index is -1.36. The highest BCUT2D eigenvalue weighted by Crippen LogP contribution is 2.48. The first-order chi connectivity index (χ1) is 22.6. The summed E-state index contributed by atoms with van der Waals surface area (Å²) in [6.45, 7) is 1.00. The number of esters is 1. The Morgan fingerprint density at radius 3 is 2.26 bits per heavy atom. The number of hydrogen-bond donors (Lipinski definition) is 1. The van der Waals surface area contributed by atoms with Crippen LogP contribution in [0.1, 0.15) is 21.5 Å². The van der Waals surface area contributed by atoms with Gasteiger partial charge in [0, 0.05) is 24.1 Å². The molecular weight excluding hydrogens is 660 g/mol. The van der Waals surface area contributed by atoms with Gasteiger partial charge in [0.1, 0.15) is 41.4 Å². The van der Waals surface area contributed by atoms with Crippen LogP contribution in [-0.2, 0) is 22.5 Å². The number of halogens is 5. The monoisotopic (exact) mass is 688 g/mol. The fourth-order valence-corrected chi connectivity index (χ4v) is 6.14. The second kappa shape index (κ2) is 14.4. The van der Waals surface area contributed by atoms with Crippen LogP contribution in [-0.4, -0.2) is 52.4 Å². The van der Waals surface area contributed by atoms with Crippen molar-refractivity contribution in [2.24, 2.45) is 0 Å². The maximum atomic E-state index is 14.4. The molecule has 1 aliphatic heterocycles. The molecule has 1 aliphatic rings. The number of carbonyl (C=O) groups excluding carboxylic acids is 2. The summed E-state index contributed by atoms with van der Waals surface area (Å²) in [5, 5.41) is 2.52. The molecule has 0 spiro atoms. The lowest BCUT2D eigenvalue weighted by Crippen LogP contribution is -2.44. The van der Waals surface area contributed by atoms with Gasteiger partial charge in [-0.1, -0.05) is 47.5 Å². The second-order valence-corrected chi connectivity index (χ2v) is 11.3. The Morgan fingerprint density at radius 1 is 0.936 bits per heavy atom. The van der Waals surface area contributed by atoms with Crippen LogP contribution >= 0.6 is 23.2 Å². The maximum absolute atomic E-state index is 14.4. The molecule has 1 heterocycles. The predicted octanol–water partition coefficient (Wildman–Crippen LogP) is 7.01. The Morgan fingerprint density at radius 2 is 1.62 bits per heavy atom. The Hall–Kier alpha value is -4.61. The number of hydrogen-bond acceptors (Lipinski definition) is 7. The average molecular weight is 690 g/mol. The Balaban J connectivity index is 1.60. The van der Waals surface area contributed by atoms with Gasteiger partial charge in [0.15, 0.2) is 11.5 Å². The van der Waals surface area contributed by atoms with Gasteiger partial charge in [0.2, 0.25) is 0 Å². The van der Waals surface area contributed by atoms with Gasteiger partial charge in [-0.25, -0.2) is 18.0 Å². The van der Waals surface area contributed by atoms with Crippen molar-refractivity contribution >= 4 is 40.8 Å². The van der Waals surface area contributed by atoms with Crippen molar-refractivity contribution in [1.29, 1.82) is 0 Å². The fourth-order valence-electron chi connectivity index (χ4n) is 5.48. The van der Waals surface area contributed by atoms with E-state index in [1.54, 1.807) is 18.2 Å². The Bertz CT molecular complexity index is 1800. The summed E-state index contributed by atoms with van der Waals surface area (Å²) >= 11 is 13.1. The zero-order valence-electron chi connectivity index (χ0n) is 25.5. The largest absolute Gasteiger partial charge is 0.493 e. The number of methoxy groups -OCH3 is 3. The third-order valence-electron chi connectivity index (χ3n) is 7.64. The molecule has 5 rings (SSSR count). The molecule has 8 nitrogen and oxygen atoms in total. The maximum Gasteiger partial charge on any atom is 0.328 e. The van der Waals surface area contributed by atoms with Gasteiger partial charge in [-0.05, 0) is 47.5 Å². The summed E-state index contributed by atoms with van der Waals surface area (Å²) in [5.74, 6) is -3.36. The summed E-state index contributed by atoms with van der Waals surface area (Å²) in [4.78, 5) is 27.9. The lowest BCUT2D eigenvalue weighted by Gasteiger charge is -2.35. The number of anilines is 1. The van der Waals surface area contributed by atoms with Crippen LogP contribution in [0.15, 0.2) is 60.7 Å². The molecule has 0 bridgehead atoms. The van der Waals surface area contributed by atoms with E-state index in [0.29, 0.717) is 52.7 Å². The van der Waals surface area contributed by atoms with Crippen LogP contribution in [0.4, 0.5) is 18.9 Å². The second-order valence-electron chi connectivity index (χ2n) is 10.5. The topological polar surface area (TPSA) is 86.3 Å². The van der Waals surface area contributed by atoms with Crippen molar-refractivity contribution in [3.05, 3.63) is 105 Å². The lowest BCUT2D eigenvalue weighted by atomic mass is 9.95. The number of nitrogens with zero attached hydrogens (tertiary/aromatic N) is 1. The summed E-state index contributed by atoms with van der Waals surface area (Å²) in [5.41, 5.74) is 1.89. The zero-order chi connectivity index (χ0) is 33.8. The molecule has 1 N–H and O–H groups in total. The first kappa shape index (κ1) is 33.7. The van der Waals surface area contributed by atoms with Crippen LogP contribution in [0.3, 0.4) is 0 Å². The van der Waals surface area contributed by atoms with Gasteiger partial charge in [-0.15, -0.1) is 0 Å². The molecule has 0 aliphatic carbocycles. The molecule has 0 aromatic heterocycles. The first-order valence-corrected chi connectivity index (χ1v) is 15.0. The van der Waals surface area contributed by atoms with Crippen molar-refractivity contribution in [2.45, 2.75) is 19.0 Å². The molecule has 4 aromatic rings. The summed E-state index contributed by atoms with van der Waals surface area (Å²) < 4.78 is 64.9. The fraction of sp³-hybridized carbons (Fsp3) is 0.235. The third kappa shape index (κ3) is 7.06. The first-order valence-electron chi connectivity index (χ1n) is 14.3. The van der Waals surface area contributed by atoms with Gasteiger partial charge < -0.3 is 29.2 Å². The molecule has 0 saturated heterocycles. The molecule has 47 heavy (non-hydrogen) atoms. The number of carbonyl (C=O) groups is 2. The van der Waals surface area contributed by atoms with E-state index in [9.17, 15) is 22.8 Å². The zero-order valence-corrected chi connectivity index (χ0v) is 27.0. The molecule has 1 amide bonds. The summed E-state index contributed by atoms with van der Waals surface area (Å²) in [7, 11) is 4.20. The SMILES string of the molecule is COC(=O)[C@H](Cc1ccc(-c2c(Cl)cc(F)cc2Cl)c2c1OCCN2Cc1ccc(OC)c(OC)c1)NC(=O)c1c(F)cccc1F. The van der Waals surface area contributed by atoms with Gasteiger partial charge in [0.25, 0.3) is 5.91 Å². The Labute approximate surface area is 278 Å². The highest BCUT2D eigenvalue weighted by molar-refractivity contribution is 6.39. The number of rotatable bonds is 10. The van der Waals surface area contributed by atoms with Crippen LogP contribution < -0.4 is 24.4 Å².